The quantitative estimate of drug-likeness (QED) is 0.797. The van der Waals surface area contributed by atoms with Crippen molar-refractivity contribution in [3.05, 3.63) is 64.1 Å². The number of nitrogen functional groups attached to an aromatic ring is 1. The number of hydrogen-bond donors (Lipinski definition) is 1. The van der Waals surface area contributed by atoms with Crippen molar-refractivity contribution < 1.29 is 4.39 Å². The number of rotatable bonds is 1. The molecular weight excluding hydrogens is 263 g/mol. The standard InChI is InChI=1S/C18H15FN2/c19-15-11-12(20)9-10-18(15)21-16-7-3-1-5-13(16)14-6-2-4-8-17(14)21/h1-3,6-11H,4-5,20H2. The van der Waals surface area contributed by atoms with Gasteiger partial charge in [-0.25, -0.2) is 4.39 Å². The first-order chi connectivity index (χ1) is 10.3. The molecule has 1 aromatic heterocycles. The summed E-state index contributed by atoms with van der Waals surface area (Å²) in [6.07, 6.45) is 14.4. The maximum atomic E-state index is 14.4. The van der Waals surface area contributed by atoms with Gasteiger partial charge < -0.3 is 10.3 Å². The van der Waals surface area contributed by atoms with Crippen LogP contribution in [0.25, 0.3) is 23.9 Å². The molecule has 104 valence electrons. The van der Waals surface area contributed by atoms with Crippen molar-refractivity contribution in [2.24, 2.45) is 0 Å². The molecule has 0 bridgehead atoms. The van der Waals surface area contributed by atoms with Gasteiger partial charge in [0.15, 0.2) is 0 Å². The highest BCUT2D eigenvalue weighted by Crippen LogP contribution is 2.18. The lowest BCUT2D eigenvalue weighted by atomic mass is 10.0. The van der Waals surface area contributed by atoms with Crippen molar-refractivity contribution in [3.8, 4) is 5.69 Å². The Hall–Kier alpha value is -2.55. The van der Waals surface area contributed by atoms with Gasteiger partial charge >= 0.3 is 0 Å². The van der Waals surface area contributed by atoms with Crippen LogP contribution in [0.4, 0.5) is 10.1 Å². The van der Waals surface area contributed by atoms with Gasteiger partial charge in [0.2, 0.25) is 0 Å². The molecule has 1 heterocycles. The second kappa shape index (κ2) is 4.48. The average Bonchev–Trinajstić information content (AvgIpc) is 2.82. The Bertz CT molecular complexity index is 914. The first-order valence-corrected chi connectivity index (χ1v) is 7.08. The van der Waals surface area contributed by atoms with Crippen molar-refractivity contribution in [1.82, 2.24) is 4.57 Å². The molecule has 0 radical (unpaired) electrons. The number of halogens is 1. The minimum absolute atomic E-state index is 0.290. The number of fused-ring (bicyclic) bond motifs is 3. The van der Waals surface area contributed by atoms with E-state index in [-0.39, 0.29) is 5.82 Å². The molecule has 2 aliphatic rings. The number of nitrogens with zero attached hydrogens (tertiary/aromatic N) is 1. The molecule has 2 N–H and O–H groups in total. The Balaban J connectivity index is 2.13. The van der Waals surface area contributed by atoms with E-state index in [4.69, 9.17) is 5.73 Å². The van der Waals surface area contributed by atoms with Crippen molar-refractivity contribution in [2.45, 2.75) is 12.8 Å². The van der Waals surface area contributed by atoms with Gasteiger partial charge in [-0.3, -0.25) is 0 Å². The fourth-order valence-electron chi connectivity index (χ4n) is 3.13. The second-order valence-corrected chi connectivity index (χ2v) is 5.35. The lowest BCUT2D eigenvalue weighted by Gasteiger charge is -2.09. The minimum atomic E-state index is -0.290. The Labute approximate surface area is 122 Å². The van der Waals surface area contributed by atoms with E-state index >= 15 is 0 Å². The van der Waals surface area contributed by atoms with Crippen LogP contribution in [0.5, 0.6) is 0 Å². The minimum Gasteiger partial charge on any atom is -0.399 e. The third-order valence-corrected chi connectivity index (χ3v) is 4.05. The van der Waals surface area contributed by atoms with E-state index in [1.165, 1.54) is 17.2 Å². The van der Waals surface area contributed by atoms with Gasteiger partial charge in [-0.2, -0.15) is 0 Å². The highest BCUT2D eigenvalue weighted by Gasteiger charge is 2.17. The SMILES string of the molecule is Nc1ccc(-n2c3c(c4c2=CC=CC4)C=CCC=3)c(F)c1. The van der Waals surface area contributed by atoms with Gasteiger partial charge in [-0.15, -0.1) is 0 Å². The molecule has 1 aromatic carbocycles. The molecule has 3 heteroatoms. The molecule has 2 aliphatic carbocycles. The Morgan fingerprint density at radius 1 is 1.14 bits per heavy atom. The number of allylic oxidation sites excluding steroid dienone is 3. The number of hydrogen-bond acceptors (Lipinski definition) is 1. The maximum absolute atomic E-state index is 14.4. The number of aromatic nitrogens is 1. The second-order valence-electron chi connectivity index (χ2n) is 5.35. The van der Waals surface area contributed by atoms with Crippen LogP contribution >= 0.6 is 0 Å². The van der Waals surface area contributed by atoms with Crippen LogP contribution in [0.1, 0.15) is 17.5 Å². The molecule has 0 atom stereocenters. The molecule has 0 saturated carbocycles. The molecule has 0 saturated heterocycles. The van der Waals surface area contributed by atoms with Gasteiger partial charge in [0, 0.05) is 11.3 Å². The average molecular weight is 278 g/mol. The van der Waals surface area contributed by atoms with Crippen LogP contribution in [0.15, 0.2) is 36.4 Å². The normalized spacial score (nSPS) is 15.1. The maximum Gasteiger partial charge on any atom is 0.149 e. The molecule has 4 rings (SSSR count). The Kier molecular flexibility index (Phi) is 2.61. The van der Waals surface area contributed by atoms with Crippen LogP contribution in [0.3, 0.4) is 0 Å². The van der Waals surface area contributed by atoms with E-state index < -0.39 is 0 Å². The van der Waals surface area contributed by atoms with Crippen molar-refractivity contribution >= 4 is 23.9 Å². The van der Waals surface area contributed by atoms with Crippen LogP contribution < -0.4 is 16.4 Å². The molecule has 0 aliphatic heterocycles. The van der Waals surface area contributed by atoms with Gasteiger partial charge in [-0.1, -0.05) is 30.4 Å². The van der Waals surface area contributed by atoms with Crippen LogP contribution in [-0.2, 0) is 6.42 Å². The monoisotopic (exact) mass is 278 g/mol. The largest absolute Gasteiger partial charge is 0.399 e. The Morgan fingerprint density at radius 3 is 2.90 bits per heavy atom. The predicted molar refractivity (Wildman–Crippen MR) is 84.8 cm³/mol. The van der Waals surface area contributed by atoms with Gasteiger partial charge in [-0.05, 0) is 42.7 Å². The third-order valence-electron chi connectivity index (χ3n) is 4.05. The van der Waals surface area contributed by atoms with E-state index in [2.05, 4.69) is 30.4 Å². The van der Waals surface area contributed by atoms with Crippen molar-refractivity contribution in [3.63, 3.8) is 0 Å². The van der Waals surface area contributed by atoms with E-state index in [9.17, 15) is 4.39 Å². The van der Waals surface area contributed by atoms with E-state index in [1.807, 2.05) is 10.6 Å². The summed E-state index contributed by atoms with van der Waals surface area (Å²) in [5, 5.41) is 2.14. The molecule has 0 unspecified atom stereocenters. The zero-order valence-corrected chi connectivity index (χ0v) is 11.5. The predicted octanol–water partition coefficient (Wildman–Crippen LogP) is 2.29. The smallest absolute Gasteiger partial charge is 0.149 e. The summed E-state index contributed by atoms with van der Waals surface area (Å²) in [6, 6.07) is 4.88. The summed E-state index contributed by atoms with van der Waals surface area (Å²) in [4.78, 5) is 0. The molecule has 0 amide bonds. The lowest BCUT2D eigenvalue weighted by molar-refractivity contribution is 0.616. The zero-order valence-electron chi connectivity index (χ0n) is 11.5. The summed E-state index contributed by atoms with van der Waals surface area (Å²) in [5.74, 6) is -0.290. The molecule has 2 aromatic rings. The van der Waals surface area contributed by atoms with Gasteiger partial charge in [0.05, 0.1) is 16.4 Å². The first kappa shape index (κ1) is 12.2. The van der Waals surface area contributed by atoms with E-state index in [0.717, 1.165) is 23.5 Å². The number of benzene rings is 1. The van der Waals surface area contributed by atoms with Gasteiger partial charge in [0.25, 0.3) is 0 Å². The lowest BCUT2D eigenvalue weighted by Crippen LogP contribution is -2.28. The molecule has 0 fully saturated rings. The molecule has 21 heavy (non-hydrogen) atoms. The summed E-state index contributed by atoms with van der Waals surface area (Å²) in [7, 11) is 0. The summed E-state index contributed by atoms with van der Waals surface area (Å²) in [5.41, 5.74) is 9.13. The van der Waals surface area contributed by atoms with Crippen LogP contribution in [-0.4, -0.2) is 4.57 Å². The van der Waals surface area contributed by atoms with Crippen LogP contribution in [0.2, 0.25) is 0 Å². The number of anilines is 1. The fraction of sp³-hybridized carbons (Fsp3) is 0.111. The zero-order chi connectivity index (χ0) is 14.4. The van der Waals surface area contributed by atoms with E-state index in [0.29, 0.717) is 11.4 Å². The fourth-order valence-corrected chi connectivity index (χ4v) is 3.13. The highest BCUT2D eigenvalue weighted by molar-refractivity contribution is 5.65. The molecular formula is C18H15FN2. The first-order valence-electron chi connectivity index (χ1n) is 7.08. The topological polar surface area (TPSA) is 30.9 Å². The van der Waals surface area contributed by atoms with Gasteiger partial charge in [0.1, 0.15) is 5.82 Å². The van der Waals surface area contributed by atoms with Crippen LogP contribution in [0, 0.1) is 5.82 Å². The molecule has 2 nitrogen and oxygen atoms in total. The Morgan fingerprint density at radius 2 is 2.05 bits per heavy atom. The highest BCUT2D eigenvalue weighted by atomic mass is 19.1. The van der Waals surface area contributed by atoms with Crippen molar-refractivity contribution in [2.75, 3.05) is 5.73 Å². The third kappa shape index (κ3) is 1.77. The summed E-state index contributed by atoms with van der Waals surface area (Å²) in [6.45, 7) is 0. The number of nitrogens with two attached hydrogens (primary N) is 1. The van der Waals surface area contributed by atoms with E-state index in [1.54, 1.807) is 12.1 Å². The molecule has 0 spiro atoms. The summed E-state index contributed by atoms with van der Waals surface area (Å²) < 4.78 is 16.4. The summed E-state index contributed by atoms with van der Waals surface area (Å²) >= 11 is 0. The van der Waals surface area contributed by atoms with Crippen molar-refractivity contribution in [1.29, 1.82) is 0 Å².